The van der Waals surface area contributed by atoms with Crippen LogP contribution in [0.2, 0.25) is 0 Å². The molecule has 0 atom stereocenters. The van der Waals surface area contributed by atoms with Crippen molar-refractivity contribution in [1.82, 2.24) is 19.3 Å². The smallest absolute Gasteiger partial charge is 0.338 e. The Bertz CT molecular complexity index is 1390. The molecule has 1 amide bonds. The van der Waals surface area contributed by atoms with E-state index < -0.39 is 0 Å². The standard InChI is InChI=1S/C26H29N5O3S/c1-6-30-22-13-10-19(25(33)34-7-2)14-21(22)27-26(30)35-15-23(32)28-24-17(4)29-31(18(24)5)20-11-8-16(3)9-12-20/h8-14H,6-7,15H2,1-5H3,(H,28,32). The minimum absolute atomic E-state index is 0.133. The summed E-state index contributed by atoms with van der Waals surface area (Å²) in [4.78, 5) is 29.6. The van der Waals surface area contributed by atoms with Crippen LogP contribution in [0.1, 0.15) is 41.2 Å². The van der Waals surface area contributed by atoms with Gasteiger partial charge < -0.3 is 14.6 Å². The highest BCUT2D eigenvalue weighted by atomic mass is 32.2. The van der Waals surface area contributed by atoms with E-state index in [4.69, 9.17) is 4.74 Å². The summed E-state index contributed by atoms with van der Waals surface area (Å²) < 4.78 is 8.97. The molecule has 182 valence electrons. The number of aryl methyl sites for hydroxylation is 3. The van der Waals surface area contributed by atoms with E-state index in [1.807, 2.05) is 67.3 Å². The zero-order chi connectivity index (χ0) is 25.1. The van der Waals surface area contributed by atoms with E-state index in [0.29, 0.717) is 24.2 Å². The first kappa shape index (κ1) is 24.5. The number of nitrogens with one attached hydrogen (secondary N) is 1. The van der Waals surface area contributed by atoms with Crippen molar-refractivity contribution >= 4 is 40.4 Å². The summed E-state index contributed by atoms with van der Waals surface area (Å²) in [6.07, 6.45) is 0. The Morgan fingerprint density at radius 2 is 1.80 bits per heavy atom. The lowest BCUT2D eigenvalue weighted by Crippen LogP contribution is -2.15. The summed E-state index contributed by atoms with van der Waals surface area (Å²) in [5.74, 6) is -0.305. The maximum atomic E-state index is 12.8. The molecule has 0 saturated carbocycles. The molecule has 0 bridgehead atoms. The quantitative estimate of drug-likeness (QED) is 0.273. The van der Waals surface area contributed by atoms with E-state index in [-0.39, 0.29) is 17.6 Å². The molecule has 0 unspecified atom stereocenters. The third-order valence-electron chi connectivity index (χ3n) is 5.71. The highest BCUT2D eigenvalue weighted by Gasteiger charge is 2.18. The lowest BCUT2D eigenvalue weighted by molar-refractivity contribution is -0.113. The Balaban J connectivity index is 1.49. The summed E-state index contributed by atoms with van der Waals surface area (Å²) in [5.41, 5.74) is 6.55. The predicted molar refractivity (Wildman–Crippen MR) is 138 cm³/mol. The van der Waals surface area contributed by atoms with Gasteiger partial charge in [0.05, 0.1) is 51.7 Å². The number of amides is 1. The van der Waals surface area contributed by atoms with Gasteiger partial charge >= 0.3 is 5.97 Å². The second-order valence-corrected chi connectivity index (χ2v) is 9.14. The molecule has 1 N–H and O–H groups in total. The first-order chi connectivity index (χ1) is 16.8. The van der Waals surface area contributed by atoms with Gasteiger partial charge in [0.2, 0.25) is 5.91 Å². The van der Waals surface area contributed by atoms with Crippen LogP contribution in [0, 0.1) is 20.8 Å². The second kappa shape index (κ2) is 10.4. The summed E-state index contributed by atoms with van der Waals surface area (Å²) >= 11 is 1.36. The van der Waals surface area contributed by atoms with E-state index in [2.05, 4.69) is 15.4 Å². The van der Waals surface area contributed by atoms with Crippen LogP contribution in [0.25, 0.3) is 16.7 Å². The van der Waals surface area contributed by atoms with E-state index in [0.717, 1.165) is 33.4 Å². The molecular weight excluding hydrogens is 462 g/mol. The van der Waals surface area contributed by atoms with Crippen molar-refractivity contribution in [2.45, 2.75) is 46.3 Å². The molecule has 0 saturated heterocycles. The number of esters is 1. The lowest BCUT2D eigenvalue weighted by atomic mass is 10.2. The van der Waals surface area contributed by atoms with Crippen molar-refractivity contribution in [2.75, 3.05) is 17.7 Å². The summed E-state index contributed by atoms with van der Waals surface area (Å²) in [6, 6.07) is 13.4. The third kappa shape index (κ3) is 5.09. The zero-order valence-electron chi connectivity index (χ0n) is 20.6. The van der Waals surface area contributed by atoms with Crippen LogP contribution in [0.3, 0.4) is 0 Å². The SMILES string of the molecule is CCOC(=O)c1ccc2c(c1)nc(SCC(=O)Nc1c(C)nn(-c3ccc(C)cc3)c1C)n2CC. The number of thioether (sulfide) groups is 1. The van der Waals surface area contributed by atoms with Crippen molar-refractivity contribution < 1.29 is 14.3 Å². The Kier molecular flexibility index (Phi) is 7.25. The van der Waals surface area contributed by atoms with Crippen molar-refractivity contribution in [2.24, 2.45) is 0 Å². The minimum Gasteiger partial charge on any atom is -0.462 e. The Morgan fingerprint density at radius 3 is 2.49 bits per heavy atom. The molecule has 0 fully saturated rings. The monoisotopic (exact) mass is 491 g/mol. The van der Waals surface area contributed by atoms with Crippen molar-refractivity contribution in [3.63, 3.8) is 0 Å². The van der Waals surface area contributed by atoms with Gasteiger partial charge in [-0.25, -0.2) is 14.5 Å². The Hall–Kier alpha value is -3.59. The topological polar surface area (TPSA) is 91.0 Å². The van der Waals surface area contributed by atoms with Crippen LogP contribution >= 0.6 is 11.8 Å². The lowest BCUT2D eigenvalue weighted by Gasteiger charge is -2.08. The number of carbonyl (C=O) groups is 2. The van der Waals surface area contributed by atoms with E-state index in [9.17, 15) is 9.59 Å². The van der Waals surface area contributed by atoms with E-state index >= 15 is 0 Å². The summed E-state index contributed by atoms with van der Waals surface area (Å²) in [5, 5.41) is 8.36. The first-order valence-electron chi connectivity index (χ1n) is 11.6. The molecule has 4 rings (SSSR count). The fourth-order valence-electron chi connectivity index (χ4n) is 3.93. The molecule has 2 aromatic heterocycles. The van der Waals surface area contributed by atoms with Gasteiger partial charge in [-0.1, -0.05) is 29.5 Å². The van der Waals surface area contributed by atoms with Gasteiger partial charge in [-0.05, 0) is 65.0 Å². The number of hydrogen-bond donors (Lipinski definition) is 1. The number of anilines is 1. The molecule has 0 aliphatic heterocycles. The average molecular weight is 492 g/mol. The predicted octanol–water partition coefficient (Wildman–Crippen LogP) is 5.07. The van der Waals surface area contributed by atoms with Crippen LogP contribution in [-0.4, -0.2) is 43.6 Å². The number of imidazole rings is 1. The van der Waals surface area contributed by atoms with Gasteiger partial charge in [-0.3, -0.25) is 4.79 Å². The second-order valence-electron chi connectivity index (χ2n) is 8.19. The van der Waals surface area contributed by atoms with Crippen molar-refractivity contribution in [3.8, 4) is 5.69 Å². The van der Waals surface area contributed by atoms with Gasteiger partial charge in [0.1, 0.15) is 0 Å². The zero-order valence-corrected chi connectivity index (χ0v) is 21.4. The number of fused-ring (bicyclic) bond motifs is 1. The first-order valence-corrected chi connectivity index (χ1v) is 12.5. The van der Waals surface area contributed by atoms with Gasteiger partial charge in [-0.2, -0.15) is 5.10 Å². The highest BCUT2D eigenvalue weighted by Crippen LogP contribution is 2.27. The molecule has 0 radical (unpaired) electrons. The molecule has 2 aromatic carbocycles. The van der Waals surface area contributed by atoms with E-state index in [1.54, 1.807) is 19.1 Å². The van der Waals surface area contributed by atoms with Crippen molar-refractivity contribution in [3.05, 3.63) is 65.0 Å². The maximum Gasteiger partial charge on any atom is 0.338 e. The van der Waals surface area contributed by atoms with Gasteiger partial charge in [0.15, 0.2) is 5.16 Å². The minimum atomic E-state index is -0.369. The summed E-state index contributed by atoms with van der Waals surface area (Å²) in [6.45, 7) is 10.7. The molecule has 0 spiro atoms. The van der Waals surface area contributed by atoms with Gasteiger partial charge in [-0.15, -0.1) is 0 Å². The van der Waals surface area contributed by atoms with Crippen LogP contribution in [-0.2, 0) is 16.1 Å². The van der Waals surface area contributed by atoms with Gasteiger partial charge in [0, 0.05) is 6.54 Å². The van der Waals surface area contributed by atoms with Crippen LogP contribution < -0.4 is 5.32 Å². The molecular formula is C26H29N5O3S. The number of nitrogens with zero attached hydrogens (tertiary/aromatic N) is 4. The number of rotatable bonds is 8. The molecule has 9 heteroatoms. The number of aromatic nitrogens is 4. The summed E-state index contributed by atoms with van der Waals surface area (Å²) in [7, 11) is 0. The normalized spacial score (nSPS) is 11.1. The average Bonchev–Trinajstić information content (AvgIpc) is 3.34. The fraction of sp³-hybridized carbons (Fsp3) is 0.308. The Morgan fingerprint density at radius 1 is 1.06 bits per heavy atom. The van der Waals surface area contributed by atoms with Crippen LogP contribution in [0.5, 0.6) is 0 Å². The number of hydrogen-bond acceptors (Lipinski definition) is 6. The molecule has 2 heterocycles. The van der Waals surface area contributed by atoms with Gasteiger partial charge in [0.25, 0.3) is 0 Å². The number of carbonyl (C=O) groups excluding carboxylic acids is 2. The fourth-order valence-corrected chi connectivity index (χ4v) is 4.81. The molecule has 0 aliphatic carbocycles. The molecule has 4 aromatic rings. The maximum absolute atomic E-state index is 12.8. The number of benzene rings is 2. The molecule has 35 heavy (non-hydrogen) atoms. The van der Waals surface area contributed by atoms with Crippen LogP contribution in [0.4, 0.5) is 5.69 Å². The highest BCUT2D eigenvalue weighted by molar-refractivity contribution is 7.99. The van der Waals surface area contributed by atoms with Crippen molar-refractivity contribution in [1.29, 1.82) is 0 Å². The Labute approximate surface area is 208 Å². The largest absolute Gasteiger partial charge is 0.462 e. The molecule has 8 nitrogen and oxygen atoms in total. The third-order valence-corrected chi connectivity index (χ3v) is 6.68. The van der Waals surface area contributed by atoms with E-state index in [1.165, 1.54) is 17.3 Å². The van der Waals surface area contributed by atoms with Crippen LogP contribution in [0.15, 0.2) is 47.6 Å². The number of ether oxygens (including phenoxy) is 1. The molecule has 0 aliphatic rings.